The number of aryl methyl sites for hydroxylation is 1. The lowest BCUT2D eigenvalue weighted by Crippen LogP contribution is -2.22. The Hall–Kier alpha value is -1.09. The molecule has 1 atom stereocenters. The minimum Gasteiger partial charge on any atom is -0.244 e. The molecular formula is C9H10F3NO3S2. The van der Waals surface area contributed by atoms with Crippen LogP contribution in [0.4, 0.5) is 13.2 Å². The van der Waals surface area contributed by atoms with Gasteiger partial charge >= 0.3 is 15.5 Å². The molecule has 0 aliphatic carbocycles. The molecule has 0 N–H and O–H groups in total. The van der Waals surface area contributed by atoms with Crippen LogP contribution in [0.2, 0.25) is 0 Å². The van der Waals surface area contributed by atoms with Gasteiger partial charge in [-0.3, -0.25) is 0 Å². The lowest BCUT2D eigenvalue weighted by Gasteiger charge is -2.07. The smallest absolute Gasteiger partial charge is 0.244 e. The van der Waals surface area contributed by atoms with Crippen LogP contribution in [-0.2, 0) is 19.8 Å². The van der Waals surface area contributed by atoms with Gasteiger partial charge < -0.3 is 0 Å². The van der Waals surface area contributed by atoms with Crippen LogP contribution in [0.1, 0.15) is 5.56 Å². The SMILES string of the molecule is Cc1ccc([S@@](C)(=O)=NS(=O)(=O)C(F)(F)F)cc1. The van der Waals surface area contributed by atoms with E-state index in [1.807, 2.05) is 0 Å². The molecule has 9 heteroatoms. The molecule has 0 heterocycles. The summed E-state index contributed by atoms with van der Waals surface area (Å²) in [5, 5.41) is 0. The molecule has 0 saturated carbocycles. The Balaban J connectivity index is 3.40. The van der Waals surface area contributed by atoms with Gasteiger partial charge in [-0.1, -0.05) is 21.5 Å². The third-order valence-corrected chi connectivity index (χ3v) is 5.65. The Morgan fingerprint density at radius 2 is 1.50 bits per heavy atom. The first-order chi connectivity index (χ1) is 7.96. The second-order valence-corrected chi connectivity index (χ2v) is 7.70. The van der Waals surface area contributed by atoms with Crippen LogP contribution >= 0.6 is 0 Å². The Kier molecular flexibility index (Phi) is 3.78. The summed E-state index contributed by atoms with van der Waals surface area (Å²) in [6.45, 7) is 1.73. The lowest BCUT2D eigenvalue weighted by atomic mass is 10.2. The van der Waals surface area contributed by atoms with Crippen molar-refractivity contribution in [2.75, 3.05) is 6.26 Å². The predicted molar refractivity (Wildman–Crippen MR) is 60.9 cm³/mol. The Morgan fingerprint density at radius 1 is 1.06 bits per heavy atom. The largest absolute Gasteiger partial charge is 0.519 e. The van der Waals surface area contributed by atoms with Gasteiger partial charge in [-0.05, 0) is 19.1 Å². The molecule has 1 aromatic rings. The summed E-state index contributed by atoms with van der Waals surface area (Å²) in [7, 11) is -9.41. The second-order valence-electron chi connectivity index (χ2n) is 3.61. The Bertz CT molecular complexity index is 653. The van der Waals surface area contributed by atoms with Crippen molar-refractivity contribution in [2.24, 2.45) is 3.77 Å². The zero-order valence-electron chi connectivity index (χ0n) is 9.43. The lowest BCUT2D eigenvalue weighted by molar-refractivity contribution is -0.0434. The van der Waals surface area contributed by atoms with Crippen molar-refractivity contribution in [1.29, 1.82) is 0 Å². The van der Waals surface area contributed by atoms with E-state index < -0.39 is 25.3 Å². The number of sulfonamides is 1. The topological polar surface area (TPSA) is 63.6 Å². The molecule has 0 spiro atoms. The van der Waals surface area contributed by atoms with Crippen molar-refractivity contribution in [1.82, 2.24) is 0 Å². The molecule has 0 unspecified atom stereocenters. The summed E-state index contributed by atoms with van der Waals surface area (Å²) in [6.07, 6.45) is 0.848. The van der Waals surface area contributed by atoms with Crippen LogP contribution in [0.25, 0.3) is 0 Å². The quantitative estimate of drug-likeness (QED) is 0.842. The minimum atomic E-state index is -5.76. The molecule has 102 valence electrons. The van der Waals surface area contributed by atoms with Crippen molar-refractivity contribution in [2.45, 2.75) is 17.3 Å². The minimum absolute atomic E-state index is 0.0686. The summed E-state index contributed by atoms with van der Waals surface area (Å²) in [4.78, 5) is -0.0686. The van der Waals surface area contributed by atoms with E-state index in [0.717, 1.165) is 11.8 Å². The van der Waals surface area contributed by atoms with Crippen LogP contribution in [0.3, 0.4) is 0 Å². The zero-order valence-corrected chi connectivity index (χ0v) is 11.1. The highest BCUT2D eigenvalue weighted by molar-refractivity contribution is 8.03. The van der Waals surface area contributed by atoms with Crippen molar-refractivity contribution in [3.63, 3.8) is 0 Å². The maximum atomic E-state index is 12.1. The molecule has 0 amide bonds. The van der Waals surface area contributed by atoms with Gasteiger partial charge in [0, 0.05) is 11.2 Å². The summed E-state index contributed by atoms with van der Waals surface area (Å²) < 4.78 is 72.5. The number of hydrogen-bond donors (Lipinski definition) is 0. The Morgan fingerprint density at radius 3 is 1.89 bits per heavy atom. The van der Waals surface area contributed by atoms with Gasteiger partial charge in [0.2, 0.25) is 0 Å². The van der Waals surface area contributed by atoms with Crippen LogP contribution in [0.5, 0.6) is 0 Å². The Labute approximate surface area is 103 Å². The van der Waals surface area contributed by atoms with Crippen molar-refractivity contribution >= 4 is 19.8 Å². The van der Waals surface area contributed by atoms with Gasteiger partial charge in [0.25, 0.3) is 0 Å². The molecule has 18 heavy (non-hydrogen) atoms. The monoisotopic (exact) mass is 301 g/mol. The van der Waals surface area contributed by atoms with Gasteiger partial charge in [-0.2, -0.15) is 21.6 Å². The van der Waals surface area contributed by atoms with Gasteiger partial charge in [-0.25, -0.2) is 4.21 Å². The van der Waals surface area contributed by atoms with Crippen LogP contribution in [0.15, 0.2) is 32.9 Å². The summed E-state index contributed by atoms with van der Waals surface area (Å²) in [5.74, 6) is 0. The predicted octanol–water partition coefficient (Wildman–Crippen LogP) is 2.30. The fraction of sp³-hybridized carbons (Fsp3) is 0.333. The molecule has 1 rings (SSSR count). The van der Waals surface area contributed by atoms with Crippen molar-refractivity contribution in [3.05, 3.63) is 29.8 Å². The fourth-order valence-corrected chi connectivity index (χ4v) is 3.88. The molecule has 4 nitrogen and oxygen atoms in total. The molecule has 0 saturated heterocycles. The highest BCUT2D eigenvalue weighted by atomic mass is 32.3. The molecule has 0 aliphatic rings. The average molecular weight is 301 g/mol. The summed E-state index contributed by atoms with van der Waals surface area (Å²) in [5.41, 5.74) is -4.75. The standard InChI is InChI=1S/C9H10F3NO3S2/c1-7-3-5-8(6-4-7)17(2,14)13-18(15,16)9(10,11)12/h3-6H,1-2H3/t17-/m1/s1. The first kappa shape index (κ1) is 15.0. The van der Waals surface area contributed by atoms with Crippen LogP contribution < -0.4 is 0 Å². The van der Waals surface area contributed by atoms with Crippen LogP contribution in [-0.4, -0.2) is 24.4 Å². The number of hydrogen-bond acceptors (Lipinski definition) is 3. The molecular weight excluding hydrogens is 291 g/mol. The maximum absolute atomic E-state index is 12.1. The number of benzene rings is 1. The van der Waals surface area contributed by atoms with Crippen molar-refractivity contribution in [3.8, 4) is 0 Å². The van der Waals surface area contributed by atoms with Gasteiger partial charge in [-0.15, -0.1) is 0 Å². The highest BCUT2D eigenvalue weighted by Gasteiger charge is 2.47. The molecule has 0 aromatic heterocycles. The molecule has 0 fully saturated rings. The third-order valence-electron chi connectivity index (χ3n) is 1.99. The zero-order chi connectivity index (χ0) is 14.2. The van der Waals surface area contributed by atoms with E-state index in [0.29, 0.717) is 0 Å². The molecule has 0 radical (unpaired) electrons. The second kappa shape index (κ2) is 4.54. The maximum Gasteiger partial charge on any atom is 0.519 e. The summed E-state index contributed by atoms with van der Waals surface area (Å²) >= 11 is 0. The van der Waals surface area contributed by atoms with E-state index in [9.17, 15) is 25.8 Å². The van der Waals surface area contributed by atoms with E-state index in [1.54, 1.807) is 6.92 Å². The fourth-order valence-electron chi connectivity index (χ4n) is 1.06. The molecule has 0 bridgehead atoms. The van der Waals surface area contributed by atoms with E-state index in [-0.39, 0.29) is 4.90 Å². The van der Waals surface area contributed by atoms with Gasteiger partial charge in [0.15, 0.2) is 0 Å². The highest BCUT2D eigenvalue weighted by Crippen LogP contribution is 2.27. The van der Waals surface area contributed by atoms with Gasteiger partial charge in [0.05, 0.1) is 9.73 Å². The first-order valence-electron chi connectivity index (χ1n) is 4.57. The van der Waals surface area contributed by atoms with E-state index in [4.69, 9.17) is 0 Å². The molecule has 0 aliphatic heterocycles. The number of nitrogens with zero attached hydrogens (tertiary/aromatic N) is 1. The third kappa shape index (κ3) is 3.22. The van der Waals surface area contributed by atoms with E-state index in [1.165, 1.54) is 24.3 Å². The number of halogens is 3. The van der Waals surface area contributed by atoms with Gasteiger partial charge in [0.1, 0.15) is 0 Å². The van der Waals surface area contributed by atoms with Crippen LogP contribution in [0, 0.1) is 6.92 Å². The number of rotatable bonds is 2. The van der Waals surface area contributed by atoms with E-state index >= 15 is 0 Å². The normalized spacial score (nSPS) is 16.1. The number of alkyl halides is 3. The average Bonchev–Trinajstić information content (AvgIpc) is 2.14. The summed E-state index contributed by atoms with van der Waals surface area (Å²) in [6, 6.07) is 5.59. The molecule has 1 aromatic carbocycles. The first-order valence-corrected chi connectivity index (χ1v) is 7.93. The van der Waals surface area contributed by atoms with E-state index in [2.05, 4.69) is 3.77 Å². The van der Waals surface area contributed by atoms with Crippen molar-refractivity contribution < 1.29 is 25.8 Å².